The Bertz CT molecular complexity index is 932. The maximum Gasteiger partial charge on any atom is 0.490 e. The Morgan fingerprint density at radius 2 is 1.91 bits per heavy atom. The molecule has 1 aliphatic rings. The number of hydrogen-bond donors (Lipinski definition) is 3. The largest absolute Gasteiger partial charge is 0.490 e. The van der Waals surface area contributed by atoms with E-state index in [1.807, 2.05) is 10.9 Å². The van der Waals surface area contributed by atoms with Crippen molar-refractivity contribution < 1.29 is 32.3 Å². The van der Waals surface area contributed by atoms with Crippen molar-refractivity contribution in [2.75, 3.05) is 13.1 Å². The summed E-state index contributed by atoms with van der Waals surface area (Å²) in [5.41, 5.74) is 6.66. The fourth-order valence-electron chi connectivity index (χ4n) is 2.98. The normalized spacial score (nSPS) is 15.0. The monoisotopic (exact) mass is 480 g/mol. The van der Waals surface area contributed by atoms with E-state index in [0.717, 1.165) is 31.5 Å². The number of aliphatic carboxylic acids is 1. The molecule has 0 bridgehead atoms. The first-order valence-electron chi connectivity index (χ1n) is 9.36. The molecule has 2 amide bonds. The molecule has 1 aromatic heterocycles. The van der Waals surface area contributed by atoms with Gasteiger partial charge in [0.2, 0.25) is 0 Å². The van der Waals surface area contributed by atoms with Gasteiger partial charge in [0.15, 0.2) is 0 Å². The third-order valence-corrected chi connectivity index (χ3v) is 4.94. The number of carboxylic acid groups (broad SMARTS) is 1. The molecule has 1 aliphatic heterocycles. The number of carbonyl (C=O) groups is 2. The van der Waals surface area contributed by atoms with E-state index in [1.165, 1.54) is 12.1 Å². The number of likely N-dealkylation sites (tertiary alicyclic amines) is 1. The fraction of sp³-hybridized carbons (Fsp3) is 0.444. The predicted octanol–water partition coefficient (Wildman–Crippen LogP) is 2.71. The molecular formula is C18H21ClF4N6O3. The molecule has 0 aliphatic carbocycles. The quantitative estimate of drug-likeness (QED) is 0.565. The number of alkyl halides is 3. The Labute approximate surface area is 185 Å². The topological polar surface area (TPSA) is 126 Å². The summed E-state index contributed by atoms with van der Waals surface area (Å²) in [5, 5.41) is 18.3. The molecule has 176 valence electrons. The second-order valence-electron chi connectivity index (χ2n) is 6.95. The van der Waals surface area contributed by atoms with E-state index in [2.05, 4.69) is 20.5 Å². The number of urea groups is 1. The minimum absolute atomic E-state index is 0.273. The number of nitrogens with zero attached hydrogens (tertiary/aromatic N) is 4. The van der Waals surface area contributed by atoms with E-state index in [9.17, 15) is 22.4 Å². The first-order chi connectivity index (χ1) is 15.0. The highest BCUT2D eigenvalue weighted by molar-refractivity contribution is 6.31. The maximum atomic E-state index is 13.1. The molecule has 0 radical (unpaired) electrons. The van der Waals surface area contributed by atoms with Gasteiger partial charge in [-0.2, -0.15) is 13.2 Å². The lowest BCUT2D eigenvalue weighted by molar-refractivity contribution is -0.192. The second kappa shape index (κ2) is 11.1. The van der Waals surface area contributed by atoms with Crippen molar-refractivity contribution in [1.29, 1.82) is 0 Å². The Morgan fingerprint density at radius 1 is 1.28 bits per heavy atom. The highest BCUT2D eigenvalue weighted by atomic mass is 35.5. The Hall–Kier alpha value is -2.93. The van der Waals surface area contributed by atoms with Crippen LogP contribution in [0.25, 0.3) is 0 Å². The zero-order valence-electron chi connectivity index (χ0n) is 16.6. The third-order valence-electron chi connectivity index (χ3n) is 4.58. The van der Waals surface area contributed by atoms with Gasteiger partial charge in [-0.25, -0.2) is 18.7 Å². The number of halogens is 5. The number of primary amides is 1. The summed E-state index contributed by atoms with van der Waals surface area (Å²) in [6.07, 6.45) is -1.37. The Balaban J connectivity index is 0.000000451. The van der Waals surface area contributed by atoms with Crippen LogP contribution in [0.2, 0.25) is 5.02 Å². The summed E-state index contributed by atoms with van der Waals surface area (Å²) in [6.45, 7) is 2.77. The SMILES string of the molecule is NC(=O)NCc1cn(C2CCN(Cc3ccc(F)cc3Cl)CC2)nn1.O=C(O)C(F)(F)F. The summed E-state index contributed by atoms with van der Waals surface area (Å²) in [7, 11) is 0. The van der Waals surface area contributed by atoms with Gasteiger partial charge in [-0.3, -0.25) is 4.90 Å². The number of hydrogen-bond acceptors (Lipinski definition) is 5. The number of aromatic nitrogens is 3. The van der Waals surface area contributed by atoms with Crippen molar-refractivity contribution in [2.24, 2.45) is 5.73 Å². The van der Waals surface area contributed by atoms with E-state index in [1.54, 1.807) is 6.07 Å². The number of rotatable bonds is 5. The number of nitrogens with one attached hydrogen (secondary N) is 1. The molecule has 32 heavy (non-hydrogen) atoms. The van der Waals surface area contributed by atoms with Crippen LogP contribution in [0.4, 0.5) is 22.4 Å². The molecule has 0 spiro atoms. The van der Waals surface area contributed by atoms with Gasteiger partial charge in [-0.1, -0.05) is 22.9 Å². The summed E-state index contributed by atoms with van der Waals surface area (Å²) < 4.78 is 46.7. The van der Waals surface area contributed by atoms with Gasteiger partial charge in [0, 0.05) is 24.7 Å². The van der Waals surface area contributed by atoms with Crippen LogP contribution in [0, 0.1) is 5.82 Å². The molecule has 1 aromatic carbocycles. The first kappa shape index (κ1) is 25.3. The van der Waals surface area contributed by atoms with Crippen LogP contribution in [-0.4, -0.2) is 56.3 Å². The zero-order chi connectivity index (χ0) is 23.9. The minimum atomic E-state index is -5.08. The van der Waals surface area contributed by atoms with Crippen LogP contribution in [0.3, 0.4) is 0 Å². The Morgan fingerprint density at radius 3 is 2.44 bits per heavy atom. The van der Waals surface area contributed by atoms with Crippen LogP contribution in [0.1, 0.15) is 30.1 Å². The van der Waals surface area contributed by atoms with Gasteiger partial charge in [0.05, 0.1) is 18.8 Å². The summed E-state index contributed by atoms with van der Waals surface area (Å²) in [5.74, 6) is -3.08. The van der Waals surface area contributed by atoms with E-state index in [-0.39, 0.29) is 18.4 Å². The van der Waals surface area contributed by atoms with E-state index >= 15 is 0 Å². The van der Waals surface area contributed by atoms with Crippen molar-refractivity contribution in [1.82, 2.24) is 25.2 Å². The van der Waals surface area contributed by atoms with Crippen molar-refractivity contribution in [2.45, 2.75) is 38.1 Å². The lowest BCUT2D eigenvalue weighted by Crippen LogP contribution is -2.34. The lowest BCUT2D eigenvalue weighted by Gasteiger charge is -2.32. The van der Waals surface area contributed by atoms with Gasteiger partial charge in [-0.05, 0) is 30.5 Å². The number of benzene rings is 1. The van der Waals surface area contributed by atoms with E-state index in [4.69, 9.17) is 27.2 Å². The molecule has 2 aromatic rings. The summed E-state index contributed by atoms with van der Waals surface area (Å²) in [6, 6.07) is 4.21. The number of amides is 2. The van der Waals surface area contributed by atoms with Crippen molar-refractivity contribution >= 4 is 23.6 Å². The summed E-state index contributed by atoms with van der Waals surface area (Å²) in [4.78, 5) is 21.9. The lowest BCUT2D eigenvalue weighted by atomic mass is 10.0. The number of nitrogens with two attached hydrogens (primary N) is 1. The standard InChI is InChI=1S/C16H20ClFN6O.C2HF3O2/c17-15-7-12(18)2-1-11(15)9-23-5-3-14(4-6-23)24-10-13(21-22-24)8-20-16(19)25;3-2(4,5)1(6)7/h1-2,7,10,14H,3-6,8-9H2,(H3,19,20,25);(H,6,7). The van der Waals surface area contributed by atoms with Crippen LogP contribution in [0.5, 0.6) is 0 Å². The van der Waals surface area contributed by atoms with Crippen LogP contribution in [0.15, 0.2) is 24.4 Å². The smallest absolute Gasteiger partial charge is 0.475 e. The van der Waals surface area contributed by atoms with Crippen molar-refractivity contribution in [3.05, 3.63) is 46.5 Å². The molecule has 9 nitrogen and oxygen atoms in total. The predicted molar refractivity (Wildman–Crippen MR) is 105 cm³/mol. The average Bonchev–Trinajstić information content (AvgIpc) is 3.18. The van der Waals surface area contributed by atoms with Gasteiger partial charge >= 0.3 is 18.2 Å². The van der Waals surface area contributed by atoms with E-state index in [0.29, 0.717) is 17.3 Å². The minimum Gasteiger partial charge on any atom is -0.475 e. The highest BCUT2D eigenvalue weighted by Gasteiger charge is 2.38. The highest BCUT2D eigenvalue weighted by Crippen LogP contribution is 2.25. The zero-order valence-corrected chi connectivity index (χ0v) is 17.4. The van der Waals surface area contributed by atoms with E-state index < -0.39 is 18.2 Å². The summed E-state index contributed by atoms with van der Waals surface area (Å²) >= 11 is 6.10. The van der Waals surface area contributed by atoms with Gasteiger partial charge < -0.3 is 16.2 Å². The molecule has 0 atom stereocenters. The third kappa shape index (κ3) is 7.96. The number of piperidine rings is 1. The van der Waals surface area contributed by atoms with Crippen molar-refractivity contribution in [3.63, 3.8) is 0 Å². The van der Waals surface area contributed by atoms with Crippen LogP contribution in [-0.2, 0) is 17.9 Å². The molecule has 1 fully saturated rings. The molecule has 4 N–H and O–H groups in total. The number of carbonyl (C=O) groups excluding carboxylic acids is 1. The molecule has 14 heteroatoms. The van der Waals surface area contributed by atoms with Crippen LogP contribution < -0.4 is 11.1 Å². The molecule has 0 saturated carbocycles. The molecule has 3 rings (SSSR count). The molecule has 2 heterocycles. The van der Waals surface area contributed by atoms with Gasteiger partial charge in [-0.15, -0.1) is 5.10 Å². The Kier molecular flexibility index (Phi) is 8.78. The van der Waals surface area contributed by atoms with Gasteiger partial charge in [0.1, 0.15) is 11.5 Å². The average molecular weight is 481 g/mol. The second-order valence-corrected chi connectivity index (χ2v) is 7.36. The molecular weight excluding hydrogens is 460 g/mol. The first-order valence-corrected chi connectivity index (χ1v) is 9.74. The molecule has 0 unspecified atom stereocenters. The number of carboxylic acids is 1. The van der Waals surface area contributed by atoms with Gasteiger partial charge in [0.25, 0.3) is 0 Å². The maximum absolute atomic E-state index is 13.1. The fourth-order valence-corrected chi connectivity index (χ4v) is 3.21. The van der Waals surface area contributed by atoms with Crippen LogP contribution >= 0.6 is 11.6 Å². The van der Waals surface area contributed by atoms with Crippen molar-refractivity contribution in [3.8, 4) is 0 Å². The molecule has 1 saturated heterocycles.